The molecule has 1 unspecified atom stereocenters. The van der Waals surface area contributed by atoms with Crippen molar-refractivity contribution in [2.75, 3.05) is 25.0 Å². The smallest absolute Gasteiger partial charge is 0.246 e. The predicted molar refractivity (Wildman–Crippen MR) is 144 cm³/mol. The number of aromatic hydroxyl groups is 1. The van der Waals surface area contributed by atoms with Gasteiger partial charge in [0.05, 0.1) is 11.1 Å². The number of amides is 2. The molecule has 2 aromatic heterocycles. The Morgan fingerprint density at radius 1 is 1.27 bits per heavy atom. The summed E-state index contributed by atoms with van der Waals surface area (Å²) < 4.78 is 30.1. The van der Waals surface area contributed by atoms with Crippen molar-refractivity contribution in [3.8, 4) is 17.0 Å². The third-order valence-corrected chi connectivity index (χ3v) is 6.19. The number of piperazine rings is 1. The molecule has 9 nitrogen and oxygen atoms in total. The molecule has 207 valence electrons. The molecule has 4 rings (SSSR count). The molecule has 2 amide bonds. The number of pyridine rings is 2. The minimum Gasteiger partial charge on any atom is -0.507 e. The SMILES string of the molecule is C=CC(=O)N1CCN(C(=Nc2[c-]nccc2C)c2cc(F)c(-c3c(O)cccc3F)nc2NC=O)C(C)C1.[CH3-].[Pr]. The van der Waals surface area contributed by atoms with E-state index in [1.54, 1.807) is 17.2 Å². The number of rotatable bonds is 6. The maximum absolute atomic E-state index is 15.6. The number of nitrogens with zero attached hydrogens (tertiary/aromatic N) is 5. The molecule has 3 aromatic rings. The average Bonchev–Trinajstić information content (AvgIpc) is 2.89. The van der Waals surface area contributed by atoms with Crippen LogP contribution >= 0.6 is 0 Å². The Balaban J connectivity index is 0.00000280. The summed E-state index contributed by atoms with van der Waals surface area (Å²) in [7, 11) is 0. The van der Waals surface area contributed by atoms with Gasteiger partial charge in [-0.2, -0.15) is 6.07 Å². The molecule has 1 radical (unpaired) electrons. The second-order valence-corrected chi connectivity index (χ2v) is 8.67. The summed E-state index contributed by atoms with van der Waals surface area (Å²) in [5.41, 5.74) is 0.322. The van der Waals surface area contributed by atoms with Gasteiger partial charge in [0.1, 0.15) is 28.9 Å². The summed E-state index contributed by atoms with van der Waals surface area (Å²) >= 11 is 0. The topological polar surface area (TPSA) is 111 Å². The van der Waals surface area contributed by atoms with Gasteiger partial charge in [0.2, 0.25) is 12.3 Å². The number of aromatic nitrogens is 2. The molecule has 1 aromatic carbocycles. The van der Waals surface area contributed by atoms with Crippen LogP contribution in [-0.4, -0.2) is 68.7 Å². The normalized spacial score (nSPS) is 15.0. The number of phenols is 1. The molecule has 0 saturated carbocycles. The van der Waals surface area contributed by atoms with Crippen molar-refractivity contribution in [1.82, 2.24) is 19.8 Å². The van der Waals surface area contributed by atoms with E-state index in [-0.39, 0.29) is 77.9 Å². The third-order valence-electron chi connectivity index (χ3n) is 6.19. The fourth-order valence-electron chi connectivity index (χ4n) is 4.26. The maximum Gasteiger partial charge on any atom is 0.246 e. The number of aryl methyl sites for hydroxylation is 1. The predicted octanol–water partition coefficient (Wildman–Crippen LogP) is 4.05. The fraction of sp³-hybridized carbons (Fsp3) is 0.214. The number of benzene rings is 1. The van der Waals surface area contributed by atoms with Gasteiger partial charge in [0.25, 0.3) is 0 Å². The van der Waals surface area contributed by atoms with Crippen molar-refractivity contribution in [2.45, 2.75) is 19.9 Å². The Morgan fingerprint density at radius 3 is 2.65 bits per heavy atom. The summed E-state index contributed by atoms with van der Waals surface area (Å²) in [5.74, 6) is -2.40. The molecule has 40 heavy (non-hydrogen) atoms. The number of amidine groups is 1. The van der Waals surface area contributed by atoms with Crippen LogP contribution < -0.4 is 5.32 Å². The van der Waals surface area contributed by atoms with Gasteiger partial charge in [0.15, 0.2) is 5.82 Å². The van der Waals surface area contributed by atoms with E-state index < -0.39 is 28.6 Å². The van der Waals surface area contributed by atoms with Gasteiger partial charge in [-0.1, -0.05) is 32.0 Å². The summed E-state index contributed by atoms with van der Waals surface area (Å²) in [6, 6.07) is 6.10. The molecular formula is C28H28F2N6O3Pr-2. The number of halogens is 2. The van der Waals surface area contributed by atoms with Crippen LogP contribution in [0.3, 0.4) is 0 Å². The molecule has 1 aliphatic rings. The molecule has 1 saturated heterocycles. The van der Waals surface area contributed by atoms with Crippen molar-refractivity contribution >= 4 is 29.7 Å². The first-order chi connectivity index (χ1) is 18.2. The minimum atomic E-state index is -0.940. The Morgan fingerprint density at radius 2 is 2.02 bits per heavy atom. The van der Waals surface area contributed by atoms with E-state index in [2.05, 4.69) is 28.1 Å². The first kappa shape index (κ1) is 32.9. The number of carbonyl (C=O) groups is 2. The van der Waals surface area contributed by atoms with Crippen molar-refractivity contribution < 1.29 is 64.8 Å². The van der Waals surface area contributed by atoms with Gasteiger partial charge < -0.3 is 32.6 Å². The van der Waals surface area contributed by atoms with E-state index in [0.29, 0.717) is 31.7 Å². The number of anilines is 1. The van der Waals surface area contributed by atoms with Crippen LogP contribution in [0.25, 0.3) is 11.3 Å². The number of nitrogens with one attached hydrogen (secondary N) is 1. The molecule has 0 spiro atoms. The molecule has 1 aliphatic heterocycles. The fourth-order valence-corrected chi connectivity index (χ4v) is 4.26. The van der Waals surface area contributed by atoms with Crippen LogP contribution in [0.4, 0.5) is 20.3 Å². The second kappa shape index (κ2) is 14.4. The van der Waals surface area contributed by atoms with E-state index in [1.807, 2.05) is 18.7 Å². The zero-order valence-electron chi connectivity index (χ0n) is 22.4. The van der Waals surface area contributed by atoms with Gasteiger partial charge in [0, 0.05) is 67.0 Å². The first-order valence-electron chi connectivity index (χ1n) is 11.7. The zero-order chi connectivity index (χ0) is 27.4. The van der Waals surface area contributed by atoms with E-state index in [1.165, 1.54) is 18.2 Å². The zero-order valence-corrected chi connectivity index (χ0v) is 26.1. The summed E-state index contributed by atoms with van der Waals surface area (Å²) in [6.45, 7) is 8.24. The number of hydrogen-bond donors (Lipinski definition) is 2. The molecule has 2 N–H and O–H groups in total. The molecule has 1 fully saturated rings. The van der Waals surface area contributed by atoms with Crippen LogP contribution in [0, 0.1) is 73.5 Å². The molecule has 1 atom stereocenters. The maximum atomic E-state index is 15.6. The molecule has 3 heterocycles. The van der Waals surface area contributed by atoms with Crippen molar-refractivity contribution in [3.05, 3.63) is 85.6 Å². The molecule has 12 heteroatoms. The minimum absolute atomic E-state index is 0. The summed E-state index contributed by atoms with van der Waals surface area (Å²) in [6.07, 6.45) is 5.98. The number of phenolic OH excluding ortho intramolecular Hbond substituents is 1. The number of hydrogen-bond acceptors (Lipinski definition) is 6. The van der Waals surface area contributed by atoms with Gasteiger partial charge in [-0.05, 0) is 36.9 Å². The van der Waals surface area contributed by atoms with Crippen LogP contribution in [0.2, 0.25) is 0 Å². The molecule has 0 bridgehead atoms. The molecular weight excluding hydrogens is 647 g/mol. The second-order valence-electron chi connectivity index (χ2n) is 8.67. The third kappa shape index (κ3) is 6.87. The van der Waals surface area contributed by atoms with Gasteiger partial charge in [-0.3, -0.25) is 14.6 Å². The van der Waals surface area contributed by atoms with Crippen molar-refractivity contribution in [2.24, 2.45) is 4.99 Å². The molecule has 0 aliphatic carbocycles. The van der Waals surface area contributed by atoms with Crippen LogP contribution in [-0.2, 0) is 9.59 Å². The Labute approximate surface area is 265 Å². The number of aliphatic imine (C=N–C) groups is 1. The van der Waals surface area contributed by atoms with Crippen molar-refractivity contribution in [3.63, 3.8) is 0 Å². The van der Waals surface area contributed by atoms with Gasteiger partial charge in [-0.25, -0.2) is 13.8 Å². The quantitative estimate of drug-likeness (QED) is 0.134. The summed E-state index contributed by atoms with van der Waals surface area (Å²) in [4.78, 5) is 40.1. The van der Waals surface area contributed by atoms with Gasteiger partial charge >= 0.3 is 0 Å². The van der Waals surface area contributed by atoms with Crippen molar-refractivity contribution in [1.29, 1.82) is 0 Å². The average molecular weight is 675 g/mol. The van der Waals surface area contributed by atoms with Crippen LogP contribution in [0.5, 0.6) is 5.75 Å². The van der Waals surface area contributed by atoms with E-state index in [9.17, 15) is 19.1 Å². The Kier molecular flexibility index (Phi) is 11.8. The number of carbonyl (C=O) groups excluding carboxylic acids is 2. The standard InChI is InChI=1S/C27H25F2N6O3.CH3.Pr/c1-4-23(38)34-10-11-35(17(3)14-34)27(32-21-13-30-9-8-16(21)2)18-12-20(29)25(33-26(18)31-15-36)24-19(28)6-5-7-22(24)37;;/h4-9,12,15,17,37H,1,10-11,14H2,2-3H3,(H,31,33,36);1H3;/q2*-1;. The first-order valence-corrected chi connectivity index (χ1v) is 11.7. The van der Waals surface area contributed by atoms with Crippen LogP contribution in [0.15, 0.2) is 54.2 Å². The largest absolute Gasteiger partial charge is 0.507 e. The van der Waals surface area contributed by atoms with Crippen LogP contribution in [0.1, 0.15) is 18.1 Å². The van der Waals surface area contributed by atoms with E-state index in [0.717, 1.165) is 17.7 Å². The monoisotopic (exact) mass is 675 g/mol. The summed E-state index contributed by atoms with van der Waals surface area (Å²) in [5, 5.41) is 12.7. The Bertz CT molecular complexity index is 1410. The Hall–Kier alpha value is -3.31. The van der Waals surface area contributed by atoms with E-state index in [4.69, 9.17) is 4.99 Å². The van der Waals surface area contributed by atoms with E-state index >= 15 is 4.39 Å². The van der Waals surface area contributed by atoms with Gasteiger partial charge in [-0.15, -0.1) is 5.56 Å².